The molecule has 0 aliphatic heterocycles. The first-order valence-corrected chi connectivity index (χ1v) is 7.20. The Morgan fingerprint density at radius 3 is 2.58 bits per heavy atom. The Bertz CT molecular complexity index is 514. The molecule has 2 aromatic rings. The van der Waals surface area contributed by atoms with E-state index < -0.39 is 0 Å². The number of rotatable bonds is 6. The molecule has 0 fully saturated rings. The number of nitrogens with zero attached hydrogens (tertiary/aromatic N) is 1. The zero-order valence-electron chi connectivity index (χ0n) is 12.0. The van der Waals surface area contributed by atoms with Crippen LogP contribution >= 0.6 is 0 Å². The van der Waals surface area contributed by atoms with Crippen LogP contribution in [0.15, 0.2) is 42.5 Å². The van der Waals surface area contributed by atoms with Crippen molar-refractivity contribution < 1.29 is 0 Å². The molecule has 2 aromatic carbocycles. The highest BCUT2D eigenvalue weighted by molar-refractivity contribution is 5.94. The molecule has 1 atom stereocenters. The summed E-state index contributed by atoms with van der Waals surface area (Å²) in [7, 11) is 0. The Hall–Kier alpha value is -1.54. The number of fused-ring (bicyclic) bond motifs is 1. The highest BCUT2D eigenvalue weighted by Crippen LogP contribution is 2.26. The van der Waals surface area contributed by atoms with Crippen molar-refractivity contribution in [3.63, 3.8) is 0 Å². The molecule has 102 valence electrons. The van der Waals surface area contributed by atoms with Crippen molar-refractivity contribution in [1.29, 1.82) is 0 Å². The van der Waals surface area contributed by atoms with Crippen LogP contribution in [0.4, 0.5) is 5.69 Å². The molecule has 0 radical (unpaired) electrons. The van der Waals surface area contributed by atoms with Gasteiger partial charge < -0.3 is 10.6 Å². The molecule has 0 aromatic heterocycles. The highest BCUT2D eigenvalue weighted by atomic mass is 15.1. The van der Waals surface area contributed by atoms with E-state index in [0.717, 1.165) is 25.9 Å². The van der Waals surface area contributed by atoms with E-state index in [1.807, 2.05) is 0 Å². The van der Waals surface area contributed by atoms with Crippen molar-refractivity contribution in [2.45, 2.75) is 32.7 Å². The molecule has 19 heavy (non-hydrogen) atoms. The largest absolute Gasteiger partial charge is 0.371 e. The zero-order valence-corrected chi connectivity index (χ0v) is 12.0. The van der Waals surface area contributed by atoms with Crippen molar-refractivity contribution in [2.24, 2.45) is 5.73 Å². The van der Waals surface area contributed by atoms with Gasteiger partial charge in [-0.15, -0.1) is 0 Å². The molecule has 0 aliphatic rings. The normalized spacial score (nSPS) is 12.6. The minimum Gasteiger partial charge on any atom is -0.371 e. The summed E-state index contributed by atoms with van der Waals surface area (Å²) < 4.78 is 0. The molecule has 2 heteroatoms. The molecule has 2 nitrogen and oxygen atoms in total. The Morgan fingerprint density at radius 2 is 1.84 bits per heavy atom. The van der Waals surface area contributed by atoms with Gasteiger partial charge in [0.2, 0.25) is 0 Å². The second-order valence-electron chi connectivity index (χ2n) is 5.20. The lowest BCUT2D eigenvalue weighted by Crippen LogP contribution is -2.26. The maximum absolute atomic E-state index is 5.83. The van der Waals surface area contributed by atoms with Gasteiger partial charge in [0.15, 0.2) is 0 Å². The van der Waals surface area contributed by atoms with Crippen LogP contribution in [0.1, 0.15) is 26.7 Å². The van der Waals surface area contributed by atoms with Gasteiger partial charge in [-0.25, -0.2) is 0 Å². The summed E-state index contributed by atoms with van der Waals surface area (Å²) in [5.41, 5.74) is 7.17. The van der Waals surface area contributed by atoms with Gasteiger partial charge in [0.05, 0.1) is 0 Å². The van der Waals surface area contributed by atoms with Crippen molar-refractivity contribution in [3.8, 4) is 0 Å². The Labute approximate surface area is 116 Å². The second-order valence-corrected chi connectivity index (χ2v) is 5.20. The standard InChI is InChI=1S/C17H24N2/c1-3-19(13-7-8-14(2)18)17-12-6-10-15-9-4-5-11-16(15)17/h4-6,9-12,14H,3,7-8,13,18H2,1-2H3. The fourth-order valence-electron chi connectivity index (χ4n) is 2.54. The lowest BCUT2D eigenvalue weighted by Gasteiger charge is -2.25. The van der Waals surface area contributed by atoms with Crippen LogP contribution in [0, 0.1) is 0 Å². The van der Waals surface area contributed by atoms with E-state index in [0.29, 0.717) is 6.04 Å². The minimum atomic E-state index is 0.297. The van der Waals surface area contributed by atoms with E-state index in [-0.39, 0.29) is 0 Å². The fraction of sp³-hybridized carbons (Fsp3) is 0.412. The number of hydrogen-bond donors (Lipinski definition) is 1. The first-order valence-electron chi connectivity index (χ1n) is 7.20. The fourth-order valence-corrected chi connectivity index (χ4v) is 2.54. The maximum Gasteiger partial charge on any atom is 0.0445 e. The van der Waals surface area contributed by atoms with Crippen LogP contribution in [-0.2, 0) is 0 Å². The number of benzene rings is 2. The summed E-state index contributed by atoms with van der Waals surface area (Å²) in [6.07, 6.45) is 2.23. The summed E-state index contributed by atoms with van der Waals surface area (Å²) in [4.78, 5) is 2.45. The van der Waals surface area contributed by atoms with Crippen LogP contribution in [0.2, 0.25) is 0 Å². The quantitative estimate of drug-likeness (QED) is 0.852. The summed E-state index contributed by atoms with van der Waals surface area (Å²) in [6, 6.07) is 15.4. The number of hydrogen-bond acceptors (Lipinski definition) is 2. The van der Waals surface area contributed by atoms with E-state index in [9.17, 15) is 0 Å². The molecule has 0 amide bonds. The van der Waals surface area contributed by atoms with Crippen molar-refractivity contribution >= 4 is 16.5 Å². The summed E-state index contributed by atoms with van der Waals surface area (Å²) >= 11 is 0. The summed E-state index contributed by atoms with van der Waals surface area (Å²) in [6.45, 7) is 6.40. The Balaban J connectivity index is 2.20. The van der Waals surface area contributed by atoms with Gasteiger partial charge >= 0.3 is 0 Å². The molecule has 2 N–H and O–H groups in total. The van der Waals surface area contributed by atoms with Gasteiger partial charge in [-0.05, 0) is 38.1 Å². The van der Waals surface area contributed by atoms with Gasteiger partial charge in [0.1, 0.15) is 0 Å². The van der Waals surface area contributed by atoms with Crippen LogP contribution in [0.3, 0.4) is 0 Å². The van der Waals surface area contributed by atoms with Crippen molar-refractivity contribution in [3.05, 3.63) is 42.5 Å². The first kappa shape index (κ1) is 13.9. The monoisotopic (exact) mass is 256 g/mol. The molecular weight excluding hydrogens is 232 g/mol. The minimum absolute atomic E-state index is 0.297. The van der Waals surface area contributed by atoms with E-state index in [1.165, 1.54) is 16.5 Å². The van der Waals surface area contributed by atoms with Gasteiger partial charge in [-0.3, -0.25) is 0 Å². The lowest BCUT2D eigenvalue weighted by molar-refractivity contribution is 0.614. The number of anilines is 1. The summed E-state index contributed by atoms with van der Waals surface area (Å²) in [5, 5.41) is 2.65. The predicted octanol–water partition coefficient (Wildman–Crippen LogP) is 3.79. The third-order valence-electron chi connectivity index (χ3n) is 3.58. The average molecular weight is 256 g/mol. The van der Waals surface area contributed by atoms with E-state index in [2.05, 4.69) is 61.2 Å². The zero-order chi connectivity index (χ0) is 13.7. The van der Waals surface area contributed by atoms with Crippen molar-refractivity contribution in [1.82, 2.24) is 0 Å². The first-order chi connectivity index (χ1) is 9.22. The molecule has 0 saturated carbocycles. The second kappa shape index (κ2) is 6.58. The van der Waals surface area contributed by atoms with Gasteiger partial charge in [0.25, 0.3) is 0 Å². The molecule has 0 bridgehead atoms. The van der Waals surface area contributed by atoms with Crippen LogP contribution in [0.5, 0.6) is 0 Å². The van der Waals surface area contributed by atoms with Crippen LogP contribution in [0.25, 0.3) is 10.8 Å². The highest BCUT2D eigenvalue weighted by Gasteiger charge is 2.08. The smallest absolute Gasteiger partial charge is 0.0445 e. The molecule has 0 saturated heterocycles. The van der Waals surface area contributed by atoms with Crippen LogP contribution in [-0.4, -0.2) is 19.1 Å². The molecule has 1 unspecified atom stereocenters. The lowest BCUT2D eigenvalue weighted by atomic mass is 10.1. The van der Waals surface area contributed by atoms with Gasteiger partial charge in [0, 0.05) is 30.2 Å². The topological polar surface area (TPSA) is 29.3 Å². The SMILES string of the molecule is CCN(CCCC(C)N)c1cccc2ccccc12. The van der Waals surface area contributed by atoms with E-state index in [1.54, 1.807) is 0 Å². The number of nitrogens with two attached hydrogens (primary N) is 1. The Morgan fingerprint density at radius 1 is 1.11 bits per heavy atom. The molecule has 0 heterocycles. The summed E-state index contributed by atoms with van der Waals surface area (Å²) in [5.74, 6) is 0. The van der Waals surface area contributed by atoms with Gasteiger partial charge in [-0.1, -0.05) is 36.4 Å². The predicted molar refractivity (Wildman–Crippen MR) is 84.7 cm³/mol. The van der Waals surface area contributed by atoms with Crippen LogP contribution < -0.4 is 10.6 Å². The molecule has 2 rings (SSSR count). The molecular formula is C17H24N2. The third kappa shape index (κ3) is 3.48. The van der Waals surface area contributed by atoms with Gasteiger partial charge in [-0.2, -0.15) is 0 Å². The third-order valence-corrected chi connectivity index (χ3v) is 3.58. The molecule has 0 aliphatic carbocycles. The Kier molecular flexibility index (Phi) is 4.80. The van der Waals surface area contributed by atoms with Crippen molar-refractivity contribution in [2.75, 3.05) is 18.0 Å². The molecule has 0 spiro atoms. The van der Waals surface area contributed by atoms with E-state index in [4.69, 9.17) is 5.73 Å². The maximum atomic E-state index is 5.83. The average Bonchev–Trinajstić information content (AvgIpc) is 2.43. The van der Waals surface area contributed by atoms with E-state index >= 15 is 0 Å².